The maximum Gasteiger partial charge on any atom is 0.259 e. The van der Waals surface area contributed by atoms with E-state index in [0.717, 1.165) is 0 Å². The first-order valence-electron chi connectivity index (χ1n) is 6.73. The van der Waals surface area contributed by atoms with Crippen molar-refractivity contribution in [1.82, 2.24) is 10.2 Å². The van der Waals surface area contributed by atoms with Gasteiger partial charge in [-0.3, -0.25) is 19.8 Å². The molecule has 0 spiro atoms. The van der Waals surface area contributed by atoms with Gasteiger partial charge in [0.25, 0.3) is 5.91 Å². The SMILES string of the molecule is NCC1CN(CC(=O)NC(=O)c2ccccc2Cl)CCO1. The molecule has 1 fully saturated rings. The Labute approximate surface area is 128 Å². The number of hydrogen-bond donors (Lipinski definition) is 2. The van der Waals surface area contributed by atoms with Crippen molar-refractivity contribution in [3.8, 4) is 0 Å². The number of nitrogens with one attached hydrogen (secondary N) is 1. The highest BCUT2D eigenvalue weighted by Gasteiger charge is 2.22. The molecule has 0 bridgehead atoms. The predicted octanol–water partition coefficient (Wildman–Crippen LogP) is 0.256. The third kappa shape index (κ3) is 4.50. The number of morpholine rings is 1. The van der Waals surface area contributed by atoms with Gasteiger partial charge in [0, 0.05) is 19.6 Å². The Bertz CT molecular complexity index is 524. The fourth-order valence-corrected chi connectivity index (χ4v) is 2.37. The summed E-state index contributed by atoms with van der Waals surface area (Å²) in [6, 6.07) is 6.60. The normalized spacial score (nSPS) is 19.2. The van der Waals surface area contributed by atoms with Crippen LogP contribution in [0, 0.1) is 0 Å². The van der Waals surface area contributed by atoms with Gasteiger partial charge in [0.05, 0.1) is 29.8 Å². The lowest BCUT2D eigenvalue weighted by atomic mass is 10.2. The molecule has 2 amide bonds. The largest absolute Gasteiger partial charge is 0.374 e. The van der Waals surface area contributed by atoms with Crippen LogP contribution in [0.4, 0.5) is 0 Å². The van der Waals surface area contributed by atoms with Crippen LogP contribution >= 0.6 is 11.6 Å². The minimum absolute atomic E-state index is 0.0641. The molecule has 2 rings (SSSR count). The van der Waals surface area contributed by atoms with Crippen LogP contribution in [0.1, 0.15) is 10.4 Å². The van der Waals surface area contributed by atoms with Crippen LogP contribution in [0.25, 0.3) is 0 Å². The van der Waals surface area contributed by atoms with Crippen molar-refractivity contribution in [3.05, 3.63) is 34.9 Å². The van der Waals surface area contributed by atoms with Gasteiger partial charge in [0.1, 0.15) is 0 Å². The second-order valence-electron chi connectivity index (χ2n) is 4.82. The molecule has 1 aromatic carbocycles. The summed E-state index contributed by atoms with van der Waals surface area (Å²) >= 11 is 5.92. The van der Waals surface area contributed by atoms with Gasteiger partial charge in [-0.05, 0) is 12.1 Å². The first-order chi connectivity index (χ1) is 10.1. The van der Waals surface area contributed by atoms with E-state index in [1.807, 2.05) is 4.90 Å². The van der Waals surface area contributed by atoms with E-state index in [2.05, 4.69) is 5.32 Å². The standard InChI is InChI=1S/C14H18ClN3O3/c15-12-4-2-1-3-11(12)14(20)17-13(19)9-18-5-6-21-10(7-16)8-18/h1-4,10H,5-9,16H2,(H,17,19,20). The Morgan fingerprint density at radius 2 is 2.19 bits per heavy atom. The number of hydrogen-bond acceptors (Lipinski definition) is 5. The van der Waals surface area contributed by atoms with E-state index < -0.39 is 5.91 Å². The molecule has 1 aliphatic rings. The lowest BCUT2D eigenvalue weighted by Crippen LogP contribution is -2.49. The van der Waals surface area contributed by atoms with Gasteiger partial charge in [-0.2, -0.15) is 0 Å². The van der Waals surface area contributed by atoms with Crippen LogP contribution in [-0.2, 0) is 9.53 Å². The molecular formula is C14H18ClN3O3. The molecule has 0 radical (unpaired) electrons. The summed E-state index contributed by atoms with van der Waals surface area (Å²) in [5.74, 6) is -0.855. The fourth-order valence-electron chi connectivity index (χ4n) is 2.15. The van der Waals surface area contributed by atoms with Crippen molar-refractivity contribution in [1.29, 1.82) is 0 Å². The van der Waals surface area contributed by atoms with E-state index in [1.165, 1.54) is 0 Å². The van der Waals surface area contributed by atoms with Crippen molar-refractivity contribution >= 4 is 23.4 Å². The zero-order valence-electron chi connectivity index (χ0n) is 11.5. The van der Waals surface area contributed by atoms with Gasteiger partial charge >= 0.3 is 0 Å². The number of benzene rings is 1. The Morgan fingerprint density at radius 3 is 2.90 bits per heavy atom. The topological polar surface area (TPSA) is 84.7 Å². The molecule has 7 heteroatoms. The first-order valence-corrected chi connectivity index (χ1v) is 7.10. The molecule has 1 aliphatic heterocycles. The first kappa shape index (κ1) is 15.9. The number of imide groups is 1. The maximum absolute atomic E-state index is 12.0. The van der Waals surface area contributed by atoms with Gasteiger partial charge in [-0.15, -0.1) is 0 Å². The van der Waals surface area contributed by atoms with Crippen LogP contribution < -0.4 is 11.1 Å². The minimum Gasteiger partial charge on any atom is -0.374 e. The summed E-state index contributed by atoms with van der Waals surface area (Å²) in [4.78, 5) is 25.8. The highest BCUT2D eigenvalue weighted by Crippen LogP contribution is 2.14. The van der Waals surface area contributed by atoms with Gasteiger partial charge < -0.3 is 10.5 Å². The summed E-state index contributed by atoms with van der Waals surface area (Å²) in [6.07, 6.45) is -0.0641. The molecule has 21 heavy (non-hydrogen) atoms. The molecule has 1 aromatic rings. The quantitative estimate of drug-likeness (QED) is 0.833. The minimum atomic E-state index is -0.491. The molecule has 1 unspecified atom stereocenters. The molecule has 1 atom stereocenters. The lowest BCUT2D eigenvalue weighted by molar-refractivity contribution is -0.123. The zero-order valence-corrected chi connectivity index (χ0v) is 12.3. The molecule has 0 aliphatic carbocycles. The summed E-state index contributed by atoms with van der Waals surface area (Å²) in [7, 11) is 0. The van der Waals surface area contributed by atoms with Crippen molar-refractivity contribution in [2.45, 2.75) is 6.10 Å². The molecular weight excluding hydrogens is 294 g/mol. The van der Waals surface area contributed by atoms with Gasteiger partial charge in [-0.1, -0.05) is 23.7 Å². The molecule has 3 N–H and O–H groups in total. The summed E-state index contributed by atoms with van der Waals surface area (Å²) in [5, 5.41) is 2.66. The Balaban J connectivity index is 1.87. The molecule has 0 aromatic heterocycles. The van der Waals surface area contributed by atoms with Crippen LogP contribution in [0.3, 0.4) is 0 Å². The van der Waals surface area contributed by atoms with E-state index in [1.54, 1.807) is 24.3 Å². The Morgan fingerprint density at radius 1 is 1.43 bits per heavy atom. The van der Waals surface area contributed by atoms with Gasteiger partial charge in [0.2, 0.25) is 5.91 Å². The number of ether oxygens (including phenoxy) is 1. The van der Waals surface area contributed by atoms with Crippen molar-refractivity contribution in [2.24, 2.45) is 5.73 Å². The molecule has 1 saturated heterocycles. The van der Waals surface area contributed by atoms with Gasteiger partial charge in [-0.25, -0.2) is 0 Å². The average Bonchev–Trinajstić information content (AvgIpc) is 2.47. The second kappa shape index (κ2) is 7.51. The van der Waals surface area contributed by atoms with Crippen LogP contribution in [0.15, 0.2) is 24.3 Å². The zero-order chi connectivity index (χ0) is 15.2. The van der Waals surface area contributed by atoms with E-state index in [9.17, 15) is 9.59 Å². The number of carbonyl (C=O) groups excluding carboxylic acids is 2. The average molecular weight is 312 g/mol. The van der Waals surface area contributed by atoms with E-state index in [4.69, 9.17) is 22.1 Å². The van der Waals surface area contributed by atoms with Crippen LogP contribution in [0.2, 0.25) is 5.02 Å². The van der Waals surface area contributed by atoms with Crippen molar-refractivity contribution < 1.29 is 14.3 Å². The van der Waals surface area contributed by atoms with E-state index in [-0.39, 0.29) is 24.1 Å². The van der Waals surface area contributed by atoms with Crippen molar-refractivity contribution in [2.75, 3.05) is 32.8 Å². The summed E-state index contributed by atoms with van der Waals surface area (Å²) in [6.45, 7) is 2.31. The highest BCUT2D eigenvalue weighted by atomic mass is 35.5. The highest BCUT2D eigenvalue weighted by molar-refractivity contribution is 6.34. The molecule has 6 nitrogen and oxygen atoms in total. The number of amides is 2. The number of rotatable bonds is 4. The third-order valence-corrected chi connectivity index (χ3v) is 3.55. The third-order valence-electron chi connectivity index (χ3n) is 3.22. The number of carbonyl (C=O) groups is 2. The monoisotopic (exact) mass is 311 g/mol. The number of halogens is 1. The molecule has 1 heterocycles. The van der Waals surface area contributed by atoms with Crippen molar-refractivity contribution in [3.63, 3.8) is 0 Å². The number of nitrogens with zero attached hydrogens (tertiary/aromatic N) is 1. The van der Waals surface area contributed by atoms with Crippen LogP contribution in [-0.4, -0.2) is 55.6 Å². The predicted molar refractivity (Wildman–Crippen MR) is 79.2 cm³/mol. The molecule has 114 valence electrons. The smallest absolute Gasteiger partial charge is 0.259 e. The summed E-state index contributed by atoms with van der Waals surface area (Å²) < 4.78 is 5.42. The Hall–Kier alpha value is -1.47. The van der Waals surface area contributed by atoms with E-state index >= 15 is 0 Å². The lowest BCUT2D eigenvalue weighted by Gasteiger charge is -2.31. The molecule has 0 saturated carbocycles. The van der Waals surface area contributed by atoms with Gasteiger partial charge in [0.15, 0.2) is 0 Å². The van der Waals surface area contributed by atoms with E-state index in [0.29, 0.717) is 31.3 Å². The second-order valence-corrected chi connectivity index (χ2v) is 5.23. The van der Waals surface area contributed by atoms with Crippen LogP contribution in [0.5, 0.6) is 0 Å². The fraction of sp³-hybridized carbons (Fsp3) is 0.429. The number of nitrogens with two attached hydrogens (primary N) is 1. The Kier molecular flexibility index (Phi) is 5.69. The maximum atomic E-state index is 12.0. The summed E-state index contributed by atoms with van der Waals surface area (Å²) in [5.41, 5.74) is 5.84.